The third-order valence-electron chi connectivity index (χ3n) is 7.66. The fourth-order valence-electron chi connectivity index (χ4n) is 5.33. The number of thiophene rings is 1. The maximum atomic E-state index is 14.4. The quantitative estimate of drug-likeness (QED) is 0.153. The van der Waals surface area contributed by atoms with Crippen LogP contribution in [-0.2, 0) is 35.8 Å². The van der Waals surface area contributed by atoms with Crippen LogP contribution in [-0.4, -0.2) is 51.8 Å². The molecule has 45 heavy (non-hydrogen) atoms. The van der Waals surface area contributed by atoms with E-state index < -0.39 is 34.5 Å². The van der Waals surface area contributed by atoms with Crippen molar-refractivity contribution in [3.63, 3.8) is 0 Å². The van der Waals surface area contributed by atoms with E-state index in [9.17, 15) is 14.4 Å². The van der Waals surface area contributed by atoms with Gasteiger partial charge in [-0.3, -0.25) is 9.36 Å². The summed E-state index contributed by atoms with van der Waals surface area (Å²) in [5.74, 6) is -0.359. The fourth-order valence-corrected chi connectivity index (χ4v) is 6.58. The van der Waals surface area contributed by atoms with Crippen LogP contribution in [0.15, 0.2) is 56.8 Å². The fraction of sp³-hybridized carbons (Fsp3) is 0.515. The number of nitrogens with zero attached hydrogens (tertiary/aromatic N) is 3. The lowest BCUT2D eigenvalue weighted by atomic mass is 10.0. The van der Waals surface area contributed by atoms with Gasteiger partial charge < -0.3 is 23.4 Å². The van der Waals surface area contributed by atoms with E-state index in [0.717, 1.165) is 29.4 Å². The van der Waals surface area contributed by atoms with E-state index in [2.05, 4.69) is 4.98 Å². The molecule has 1 aliphatic rings. The highest BCUT2D eigenvalue weighted by molar-refractivity contribution is 7.22. The Bertz CT molecular complexity index is 1730. The normalized spacial score (nSPS) is 16.6. The van der Waals surface area contributed by atoms with Crippen LogP contribution in [0.2, 0.25) is 0 Å². The van der Waals surface area contributed by atoms with Crippen LogP contribution >= 0.6 is 11.3 Å². The van der Waals surface area contributed by atoms with Crippen LogP contribution in [0.25, 0.3) is 21.0 Å². The number of aromatic nitrogens is 3. The molecule has 0 aliphatic carbocycles. The summed E-state index contributed by atoms with van der Waals surface area (Å²) >= 11 is 1.24. The number of rotatable bonds is 11. The largest absolute Gasteiger partial charge is 0.458 e. The molecule has 1 aromatic carbocycles. The molecule has 0 spiro atoms. The molecule has 5 rings (SSSR count). The molecule has 4 aromatic rings. The molecule has 242 valence electrons. The van der Waals surface area contributed by atoms with Gasteiger partial charge in [0.15, 0.2) is 6.29 Å². The second-order valence-corrected chi connectivity index (χ2v) is 13.6. The van der Waals surface area contributed by atoms with Gasteiger partial charge in [0.25, 0.3) is 5.56 Å². The second kappa shape index (κ2) is 13.4. The van der Waals surface area contributed by atoms with Crippen molar-refractivity contribution < 1.29 is 28.2 Å². The number of carbonyl (C=O) groups is 1. The number of esters is 1. The maximum Gasteiger partial charge on any atom is 0.333 e. The Kier molecular flexibility index (Phi) is 9.78. The smallest absolute Gasteiger partial charge is 0.333 e. The van der Waals surface area contributed by atoms with Crippen molar-refractivity contribution in [2.24, 2.45) is 0 Å². The first-order valence-electron chi connectivity index (χ1n) is 15.2. The minimum atomic E-state index is -1.62. The van der Waals surface area contributed by atoms with Crippen LogP contribution in [0.3, 0.4) is 0 Å². The molecular formula is C33H41N3O8S. The van der Waals surface area contributed by atoms with Crippen LogP contribution in [0, 0.1) is 6.92 Å². The van der Waals surface area contributed by atoms with Gasteiger partial charge >= 0.3 is 11.7 Å². The van der Waals surface area contributed by atoms with Crippen molar-refractivity contribution in [3.05, 3.63) is 74.8 Å². The van der Waals surface area contributed by atoms with Crippen molar-refractivity contribution in [3.8, 4) is 10.8 Å². The Labute approximate surface area is 265 Å². The molecule has 0 N–H and O–H groups in total. The molecular weight excluding hydrogens is 598 g/mol. The summed E-state index contributed by atoms with van der Waals surface area (Å²) in [6, 6.07) is 9.56. The SMILES string of the molecule is Cc1c(-c2ncco2)sc2c1c(=O)n(C(C)(C)C(=O)OC(C)(C)C)c(=O)n2C[C@H](OCCOC1CCCCO1)c1ccccc1. The summed E-state index contributed by atoms with van der Waals surface area (Å²) in [7, 11) is 0. The van der Waals surface area contributed by atoms with E-state index in [1.165, 1.54) is 42.2 Å². The summed E-state index contributed by atoms with van der Waals surface area (Å²) in [5.41, 5.74) is -2.24. The lowest BCUT2D eigenvalue weighted by molar-refractivity contribution is -0.172. The number of ether oxygens (including phenoxy) is 4. The molecule has 1 unspecified atom stereocenters. The maximum absolute atomic E-state index is 14.4. The van der Waals surface area contributed by atoms with E-state index in [1.807, 2.05) is 30.3 Å². The van der Waals surface area contributed by atoms with Gasteiger partial charge in [-0.15, -0.1) is 11.3 Å². The van der Waals surface area contributed by atoms with Crippen molar-refractivity contribution in [2.75, 3.05) is 19.8 Å². The van der Waals surface area contributed by atoms with Crippen molar-refractivity contribution in [2.45, 2.75) is 90.9 Å². The zero-order valence-corrected chi connectivity index (χ0v) is 27.5. The predicted octanol–water partition coefficient (Wildman–Crippen LogP) is 5.57. The lowest BCUT2D eigenvalue weighted by Gasteiger charge is -2.30. The zero-order chi connectivity index (χ0) is 32.4. The number of carbonyl (C=O) groups excluding carboxylic acids is 1. The summed E-state index contributed by atoms with van der Waals surface area (Å²) in [5, 5.41) is 0.300. The van der Waals surface area contributed by atoms with Crippen LogP contribution in [0.5, 0.6) is 0 Å². The highest BCUT2D eigenvalue weighted by Crippen LogP contribution is 2.36. The van der Waals surface area contributed by atoms with Gasteiger partial charge in [-0.25, -0.2) is 19.1 Å². The van der Waals surface area contributed by atoms with E-state index in [1.54, 1.807) is 27.7 Å². The van der Waals surface area contributed by atoms with Crippen LogP contribution in [0.1, 0.15) is 71.1 Å². The molecule has 0 radical (unpaired) electrons. The van der Waals surface area contributed by atoms with E-state index in [0.29, 0.717) is 39.8 Å². The van der Waals surface area contributed by atoms with Crippen LogP contribution in [0.4, 0.5) is 0 Å². The highest BCUT2D eigenvalue weighted by atomic mass is 32.1. The standard InChI is InChI=1S/C33H41N3O8S/c1-21-25-28(37)36(33(5,6)30(38)44-32(2,3)4)31(39)35(29(25)45-26(21)27-34-15-17-43-27)20-23(22-12-8-7-9-13-22)40-18-19-42-24-14-10-11-16-41-24/h7-9,12-13,15,17,23-24H,10-11,14,16,18-20H2,1-6H3/t23-,24?/m0/s1. The summed E-state index contributed by atoms with van der Waals surface area (Å²) in [6.07, 6.45) is 5.08. The zero-order valence-electron chi connectivity index (χ0n) is 26.7. The summed E-state index contributed by atoms with van der Waals surface area (Å²) < 4.78 is 31.7. The molecule has 11 nitrogen and oxygen atoms in total. The molecule has 0 bridgehead atoms. The lowest BCUT2D eigenvalue weighted by Crippen LogP contribution is -2.54. The molecule has 1 saturated heterocycles. The predicted molar refractivity (Wildman–Crippen MR) is 170 cm³/mol. The Morgan fingerprint density at radius 1 is 1.11 bits per heavy atom. The molecule has 0 amide bonds. The Hall–Kier alpha value is -3.58. The molecule has 3 aromatic heterocycles. The topological polar surface area (TPSA) is 124 Å². The average molecular weight is 640 g/mol. The first kappa shape index (κ1) is 32.8. The summed E-state index contributed by atoms with van der Waals surface area (Å²) in [4.78, 5) is 47.4. The molecule has 12 heteroatoms. The molecule has 1 fully saturated rings. The average Bonchev–Trinajstić information content (AvgIpc) is 3.64. The van der Waals surface area contributed by atoms with Crippen molar-refractivity contribution in [1.29, 1.82) is 0 Å². The number of oxazole rings is 1. The molecule has 4 heterocycles. The number of hydrogen-bond donors (Lipinski definition) is 0. The van der Waals surface area contributed by atoms with Gasteiger partial charge in [-0.2, -0.15) is 0 Å². The molecule has 0 saturated carbocycles. The van der Waals surface area contributed by atoms with Gasteiger partial charge in [0, 0.05) is 6.61 Å². The third kappa shape index (κ3) is 7.14. The number of hydrogen-bond acceptors (Lipinski definition) is 10. The van der Waals surface area contributed by atoms with E-state index in [-0.39, 0.29) is 19.4 Å². The minimum absolute atomic E-state index is 0.0644. The number of fused-ring (bicyclic) bond motifs is 1. The number of benzene rings is 1. The molecule has 1 aliphatic heterocycles. The Balaban J connectivity index is 1.60. The highest BCUT2D eigenvalue weighted by Gasteiger charge is 2.39. The van der Waals surface area contributed by atoms with Gasteiger partial charge in [-0.05, 0) is 71.9 Å². The van der Waals surface area contributed by atoms with Crippen LogP contribution < -0.4 is 11.2 Å². The second-order valence-electron chi connectivity index (χ2n) is 12.6. The van der Waals surface area contributed by atoms with E-state index >= 15 is 0 Å². The third-order valence-corrected chi connectivity index (χ3v) is 8.96. The minimum Gasteiger partial charge on any atom is -0.458 e. The molecule has 2 atom stereocenters. The number of aryl methyl sites for hydroxylation is 1. The Morgan fingerprint density at radius 2 is 1.87 bits per heavy atom. The monoisotopic (exact) mass is 639 g/mol. The summed E-state index contributed by atoms with van der Waals surface area (Å²) in [6.45, 7) is 11.4. The van der Waals surface area contributed by atoms with Gasteiger partial charge in [0.1, 0.15) is 28.3 Å². The first-order valence-corrected chi connectivity index (χ1v) is 16.0. The first-order chi connectivity index (χ1) is 21.4. The van der Waals surface area contributed by atoms with Gasteiger partial charge in [0.05, 0.1) is 36.2 Å². The van der Waals surface area contributed by atoms with Gasteiger partial charge in [-0.1, -0.05) is 30.3 Å². The van der Waals surface area contributed by atoms with Crippen molar-refractivity contribution in [1.82, 2.24) is 14.1 Å². The van der Waals surface area contributed by atoms with Gasteiger partial charge in [0.2, 0.25) is 5.89 Å². The van der Waals surface area contributed by atoms with E-state index in [4.69, 9.17) is 23.4 Å². The Morgan fingerprint density at radius 3 is 2.51 bits per heavy atom. The van der Waals surface area contributed by atoms with Crippen molar-refractivity contribution >= 4 is 27.5 Å².